The van der Waals surface area contributed by atoms with Gasteiger partial charge in [0.1, 0.15) is 11.5 Å². The first-order valence-electron chi connectivity index (χ1n) is 6.43. The van der Waals surface area contributed by atoms with Crippen molar-refractivity contribution >= 4 is 33.2 Å². The van der Waals surface area contributed by atoms with Gasteiger partial charge in [0.25, 0.3) is 11.6 Å². The van der Waals surface area contributed by atoms with E-state index in [0.29, 0.717) is 17.0 Å². The quantitative estimate of drug-likeness (QED) is 0.631. The monoisotopic (exact) mass is 380 g/mol. The Balaban J connectivity index is 2.34. The molecule has 0 aromatic heterocycles. The fraction of sp³-hybridized carbons (Fsp3) is 0.133. The van der Waals surface area contributed by atoms with Crippen LogP contribution < -0.4 is 14.8 Å². The molecule has 1 amide bonds. The van der Waals surface area contributed by atoms with Crippen molar-refractivity contribution < 1.29 is 19.2 Å². The molecule has 0 fully saturated rings. The Morgan fingerprint density at radius 3 is 2.43 bits per heavy atom. The molecule has 120 valence electrons. The number of nitro benzene ring substituents is 1. The molecular weight excluding hydrogens is 368 g/mol. The zero-order chi connectivity index (χ0) is 17.0. The second-order valence-corrected chi connectivity index (χ2v) is 5.36. The molecule has 0 aliphatic rings. The number of halogens is 1. The van der Waals surface area contributed by atoms with Crippen molar-refractivity contribution in [2.75, 3.05) is 19.5 Å². The number of hydrogen-bond donors (Lipinski definition) is 1. The van der Waals surface area contributed by atoms with E-state index in [-0.39, 0.29) is 11.4 Å². The minimum absolute atomic E-state index is 0.125. The van der Waals surface area contributed by atoms with Crippen LogP contribution in [-0.4, -0.2) is 25.1 Å². The molecule has 0 aliphatic carbocycles. The molecule has 0 unspecified atom stereocenters. The molecule has 0 heterocycles. The first kappa shape index (κ1) is 16.8. The molecule has 2 rings (SSSR count). The summed E-state index contributed by atoms with van der Waals surface area (Å²) in [7, 11) is 2.83. The van der Waals surface area contributed by atoms with Crippen LogP contribution in [0.3, 0.4) is 0 Å². The summed E-state index contributed by atoms with van der Waals surface area (Å²) in [6, 6.07) is 8.98. The van der Waals surface area contributed by atoms with Crippen molar-refractivity contribution in [3.05, 3.63) is 56.5 Å². The molecule has 7 nitrogen and oxygen atoms in total. The Bertz CT molecular complexity index is 764. The van der Waals surface area contributed by atoms with Gasteiger partial charge in [0.2, 0.25) is 0 Å². The van der Waals surface area contributed by atoms with Crippen molar-refractivity contribution in [2.24, 2.45) is 0 Å². The maximum Gasteiger partial charge on any atom is 0.273 e. The van der Waals surface area contributed by atoms with E-state index in [1.165, 1.54) is 32.4 Å². The highest BCUT2D eigenvalue weighted by molar-refractivity contribution is 9.10. The summed E-state index contributed by atoms with van der Waals surface area (Å²) in [5.41, 5.74) is 0.521. The molecule has 0 spiro atoms. The van der Waals surface area contributed by atoms with Crippen molar-refractivity contribution in [3.8, 4) is 11.5 Å². The third-order valence-electron chi connectivity index (χ3n) is 3.05. The molecule has 0 aliphatic heterocycles. The van der Waals surface area contributed by atoms with Crippen LogP contribution in [0.1, 0.15) is 10.4 Å². The maximum absolute atomic E-state index is 12.4. The number of carbonyl (C=O) groups excluding carboxylic acids is 1. The largest absolute Gasteiger partial charge is 0.496 e. The van der Waals surface area contributed by atoms with Gasteiger partial charge in [0.15, 0.2) is 0 Å². The van der Waals surface area contributed by atoms with E-state index < -0.39 is 10.8 Å². The van der Waals surface area contributed by atoms with Gasteiger partial charge in [-0.1, -0.05) is 15.9 Å². The lowest BCUT2D eigenvalue weighted by Crippen LogP contribution is -2.14. The minimum Gasteiger partial charge on any atom is -0.496 e. The Kier molecular flexibility index (Phi) is 5.17. The number of amides is 1. The van der Waals surface area contributed by atoms with Crippen LogP contribution in [-0.2, 0) is 0 Å². The van der Waals surface area contributed by atoms with Gasteiger partial charge >= 0.3 is 0 Å². The second kappa shape index (κ2) is 7.10. The molecular formula is C15H13BrN2O5. The minimum atomic E-state index is -0.536. The standard InChI is InChI=1S/C15H13BrN2O5/c1-22-13-6-3-9(16)7-11(13)15(19)17-12-5-4-10(18(20)21)8-14(12)23-2/h3-8H,1-2H3,(H,17,19). The predicted octanol–water partition coefficient (Wildman–Crippen LogP) is 3.63. The van der Waals surface area contributed by atoms with E-state index in [1.54, 1.807) is 18.2 Å². The number of nitrogens with one attached hydrogen (secondary N) is 1. The highest BCUT2D eigenvalue weighted by Gasteiger charge is 2.17. The van der Waals surface area contributed by atoms with Crippen LogP contribution >= 0.6 is 15.9 Å². The van der Waals surface area contributed by atoms with Gasteiger partial charge < -0.3 is 14.8 Å². The summed E-state index contributed by atoms with van der Waals surface area (Å²) >= 11 is 3.30. The molecule has 8 heteroatoms. The molecule has 0 saturated carbocycles. The van der Waals surface area contributed by atoms with Gasteiger partial charge in [0.05, 0.1) is 36.5 Å². The van der Waals surface area contributed by atoms with E-state index in [1.807, 2.05) is 0 Å². The number of rotatable bonds is 5. The topological polar surface area (TPSA) is 90.7 Å². The highest BCUT2D eigenvalue weighted by atomic mass is 79.9. The number of nitrogens with zero attached hydrogens (tertiary/aromatic N) is 1. The summed E-state index contributed by atoms with van der Waals surface area (Å²) in [6.45, 7) is 0. The Hall–Kier alpha value is -2.61. The first-order valence-corrected chi connectivity index (χ1v) is 7.23. The number of ether oxygens (including phenoxy) is 2. The fourth-order valence-corrected chi connectivity index (χ4v) is 2.31. The van der Waals surface area contributed by atoms with E-state index in [0.717, 1.165) is 4.47 Å². The van der Waals surface area contributed by atoms with E-state index in [4.69, 9.17) is 9.47 Å². The molecule has 23 heavy (non-hydrogen) atoms. The summed E-state index contributed by atoms with van der Waals surface area (Å²) in [5, 5.41) is 13.4. The van der Waals surface area contributed by atoms with Crippen molar-refractivity contribution in [1.82, 2.24) is 0 Å². The SMILES string of the molecule is COc1cc([N+](=O)[O-])ccc1NC(=O)c1cc(Br)ccc1OC. The van der Waals surface area contributed by atoms with Crippen LogP contribution in [0, 0.1) is 10.1 Å². The Morgan fingerprint density at radius 2 is 1.83 bits per heavy atom. The van der Waals surface area contributed by atoms with Gasteiger partial charge in [0, 0.05) is 10.5 Å². The molecule has 1 N–H and O–H groups in total. The normalized spacial score (nSPS) is 10.0. The molecule has 2 aromatic rings. The molecule has 0 radical (unpaired) electrons. The van der Waals surface area contributed by atoms with E-state index in [2.05, 4.69) is 21.2 Å². The van der Waals surface area contributed by atoms with Gasteiger partial charge in [-0.2, -0.15) is 0 Å². The van der Waals surface area contributed by atoms with Gasteiger partial charge in [-0.25, -0.2) is 0 Å². The highest BCUT2D eigenvalue weighted by Crippen LogP contribution is 2.30. The zero-order valence-electron chi connectivity index (χ0n) is 12.3. The summed E-state index contributed by atoms with van der Waals surface area (Å²) in [5.74, 6) is 0.184. The van der Waals surface area contributed by atoms with Crippen LogP contribution in [0.5, 0.6) is 11.5 Å². The lowest BCUT2D eigenvalue weighted by atomic mass is 10.1. The number of benzene rings is 2. The number of methoxy groups -OCH3 is 2. The number of nitro groups is 1. The van der Waals surface area contributed by atoms with Gasteiger partial charge in [-0.05, 0) is 24.3 Å². The molecule has 0 bridgehead atoms. The fourth-order valence-electron chi connectivity index (χ4n) is 1.94. The van der Waals surface area contributed by atoms with E-state index in [9.17, 15) is 14.9 Å². The third kappa shape index (κ3) is 3.78. The maximum atomic E-state index is 12.4. The summed E-state index contributed by atoms with van der Waals surface area (Å²) in [4.78, 5) is 22.7. The Labute approximate surface area is 140 Å². The smallest absolute Gasteiger partial charge is 0.273 e. The van der Waals surface area contributed by atoms with Crippen LogP contribution in [0.2, 0.25) is 0 Å². The van der Waals surface area contributed by atoms with Crippen molar-refractivity contribution in [1.29, 1.82) is 0 Å². The van der Waals surface area contributed by atoms with E-state index >= 15 is 0 Å². The first-order chi connectivity index (χ1) is 11.0. The lowest BCUT2D eigenvalue weighted by molar-refractivity contribution is -0.384. The lowest BCUT2D eigenvalue weighted by Gasteiger charge is -2.12. The number of anilines is 1. The predicted molar refractivity (Wildman–Crippen MR) is 88.3 cm³/mol. The van der Waals surface area contributed by atoms with Gasteiger partial charge in [-0.3, -0.25) is 14.9 Å². The third-order valence-corrected chi connectivity index (χ3v) is 3.54. The molecule has 0 atom stereocenters. The average molecular weight is 381 g/mol. The molecule has 2 aromatic carbocycles. The Morgan fingerprint density at radius 1 is 1.13 bits per heavy atom. The van der Waals surface area contributed by atoms with Crippen LogP contribution in [0.25, 0.3) is 0 Å². The summed E-state index contributed by atoms with van der Waals surface area (Å²) in [6.07, 6.45) is 0. The zero-order valence-corrected chi connectivity index (χ0v) is 13.9. The second-order valence-electron chi connectivity index (χ2n) is 4.44. The van der Waals surface area contributed by atoms with Crippen LogP contribution in [0.15, 0.2) is 40.9 Å². The van der Waals surface area contributed by atoms with Crippen LogP contribution in [0.4, 0.5) is 11.4 Å². The number of non-ortho nitro benzene ring substituents is 1. The molecule has 0 saturated heterocycles. The van der Waals surface area contributed by atoms with Gasteiger partial charge in [-0.15, -0.1) is 0 Å². The van der Waals surface area contributed by atoms with Crippen molar-refractivity contribution in [2.45, 2.75) is 0 Å². The summed E-state index contributed by atoms with van der Waals surface area (Å²) < 4.78 is 11.0. The van der Waals surface area contributed by atoms with Crippen molar-refractivity contribution in [3.63, 3.8) is 0 Å². The number of hydrogen-bond acceptors (Lipinski definition) is 5. The average Bonchev–Trinajstić information content (AvgIpc) is 2.54. The number of carbonyl (C=O) groups is 1.